The predicted octanol–water partition coefficient (Wildman–Crippen LogP) is 2.85. The number of benzene rings is 1. The van der Waals surface area contributed by atoms with Gasteiger partial charge in [-0.2, -0.15) is 0 Å². The molecule has 0 spiro atoms. The van der Waals surface area contributed by atoms with Gasteiger partial charge < -0.3 is 15.0 Å². The molecule has 5 heteroatoms. The molecule has 1 aromatic carbocycles. The first-order chi connectivity index (χ1) is 11.3. The number of likely N-dealkylation sites (tertiary alicyclic amines) is 1. The van der Waals surface area contributed by atoms with Gasteiger partial charge in [0.2, 0.25) is 5.91 Å². The second kappa shape index (κ2) is 7.69. The third kappa shape index (κ3) is 5.25. The quantitative estimate of drug-likeness (QED) is 0.922. The molecule has 5 nitrogen and oxygen atoms in total. The van der Waals surface area contributed by atoms with E-state index in [-0.39, 0.29) is 23.3 Å². The van der Waals surface area contributed by atoms with E-state index >= 15 is 0 Å². The SMILES string of the molecule is COc1cccc(C(=O)N2CCC(NC(=O)CC(C)(C)C)CC2)c1. The first-order valence-corrected chi connectivity index (χ1v) is 8.51. The van der Waals surface area contributed by atoms with Crippen LogP contribution in [0.3, 0.4) is 0 Å². The zero-order chi connectivity index (χ0) is 17.7. The number of amides is 2. The molecule has 132 valence electrons. The maximum atomic E-state index is 12.6. The average molecular weight is 332 g/mol. The highest BCUT2D eigenvalue weighted by Gasteiger charge is 2.25. The largest absolute Gasteiger partial charge is 0.497 e. The molecule has 0 saturated carbocycles. The van der Waals surface area contributed by atoms with E-state index < -0.39 is 0 Å². The summed E-state index contributed by atoms with van der Waals surface area (Å²) in [5.74, 6) is 0.804. The van der Waals surface area contributed by atoms with Crippen molar-refractivity contribution in [3.63, 3.8) is 0 Å². The number of hydrogen-bond acceptors (Lipinski definition) is 3. The Balaban J connectivity index is 1.86. The van der Waals surface area contributed by atoms with Crippen molar-refractivity contribution >= 4 is 11.8 Å². The highest BCUT2D eigenvalue weighted by molar-refractivity contribution is 5.94. The zero-order valence-corrected chi connectivity index (χ0v) is 15.1. The van der Waals surface area contributed by atoms with E-state index in [0.29, 0.717) is 30.8 Å². The normalized spacial score (nSPS) is 15.9. The number of piperidine rings is 1. The number of carbonyl (C=O) groups excluding carboxylic acids is 2. The van der Waals surface area contributed by atoms with Gasteiger partial charge in [-0.05, 0) is 36.5 Å². The van der Waals surface area contributed by atoms with Gasteiger partial charge in [0.25, 0.3) is 5.91 Å². The summed E-state index contributed by atoms with van der Waals surface area (Å²) in [4.78, 5) is 26.4. The van der Waals surface area contributed by atoms with Gasteiger partial charge in [0, 0.05) is 31.1 Å². The smallest absolute Gasteiger partial charge is 0.253 e. The van der Waals surface area contributed by atoms with Gasteiger partial charge in [-0.15, -0.1) is 0 Å². The van der Waals surface area contributed by atoms with Crippen molar-refractivity contribution < 1.29 is 14.3 Å². The highest BCUT2D eigenvalue weighted by Crippen LogP contribution is 2.20. The van der Waals surface area contributed by atoms with Crippen LogP contribution in [-0.2, 0) is 4.79 Å². The van der Waals surface area contributed by atoms with Crippen molar-refractivity contribution in [1.82, 2.24) is 10.2 Å². The van der Waals surface area contributed by atoms with Crippen LogP contribution in [0.1, 0.15) is 50.4 Å². The first-order valence-electron chi connectivity index (χ1n) is 8.51. The maximum Gasteiger partial charge on any atom is 0.253 e. The van der Waals surface area contributed by atoms with E-state index in [1.807, 2.05) is 23.1 Å². The summed E-state index contributed by atoms with van der Waals surface area (Å²) in [7, 11) is 1.59. The number of methoxy groups -OCH3 is 1. The van der Waals surface area contributed by atoms with Crippen molar-refractivity contribution in [2.24, 2.45) is 5.41 Å². The Labute approximate surface area is 144 Å². The Bertz CT molecular complexity index is 585. The van der Waals surface area contributed by atoms with E-state index in [9.17, 15) is 9.59 Å². The molecule has 1 fully saturated rings. The molecule has 0 bridgehead atoms. The van der Waals surface area contributed by atoms with Gasteiger partial charge in [-0.1, -0.05) is 26.8 Å². The van der Waals surface area contributed by atoms with Crippen molar-refractivity contribution in [3.8, 4) is 5.75 Å². The summed E-state index contributed by atoms with van der Waals surface area (Å²) >= 11 is 0. The van der Waals surface area contributed by atoms with Gasteiger partial charge in [0.1, 0.15) is 5.75 Å². The van der Waals surface area contributed by atoms with Crippen LogP contribution in [0.15, 0.2) is 24.3 Å². The van der Waals surface area contributed by atoms with E-state index in [1.165, 1.54) is 0 Å². The molecule has 24 heavy (non-hydrogen) atoms. The molecule has 0 aliphatic carbocycles. The molecule has 1 saturated heterocycles. The summed E-state index contributed by atoms with van der Waals surface area (Å²) in [6.07, 6.45) is 2.12. The molecule has 1 aromatic rings. The van der Waals surface area contributed by atoms with E-state index in [2.05, 4.69) is 26.1 Å². The Hall–Kier alpha value is -2.04. The van der Waals surface area contributed by atoms with E-state index in [0.717, 1.165) is 12.8 Å². The summed E-state index contributed by atoms with van der Waals surface area (Å²) in [6, 6.07) is 7.38. The average Bonchev–Trinajstić information content (AvgIpc) is 2.53. The highest BCUT2D eigenvalue weighted by atomic mass is 16.5. The Kier molecular flexibility index (Phi) is 5.86. The molecule has 0 unspecified atom stereocenters. The number of carbonyl (C=O) groups is 2. The minimum atomic E-state index is -0.00683. The lowest BCUT2D eigenvalue weighted by Crippen LogP contribution is -2.47. The third-order valence-electron chi connectivity index (χ3n) is 4.15. The monoisotopic (exact) mass is 332 g/mol. The lowest BCUT2D eigenvalue weighted by atomic mass is 9.91. The van der Waals surface area contributed by atoms with E-state index in [1.54, 1.807) is 13.2 Å². The van der Waals surface area contributed by atoms with Gasteiger partial charge in [0.15, 0.2) is 0 Å². The van der Waals surface area contributed by atoms with Crippen molar-refractivity contribution in [2.45, 2.75) is 46.1 Å². The van der Waals surface area contributed by atoms with Gasteiger partial charge in [-0.25, -0.2) is 0 Å². The molecule has 0 radical (unpaired) electrons. The fourth-order valence-electron chi connectivity index (χ4n) is 2.93. The number of nitrogens with one attached hydrogen (secondary N) is 1. The van der Waals surface area contributed by atoms with Crippen LogP contribution >= 0.6 is 0 Å². The minimum absolute atomic E-state index is 0.00683. The summed E-state index contributed by atoms with van der Waals surface area (Å²) < 4.78 is 5.17. The second-order valence-electron chi connectivity index (χ2n) is 7.60. The second-order valence-corrected chi connectivity index (χ2v) is 7.60. The molecule has 0 atom stereocenters. The van der Waals surface area contributed by atoms with Crippen molar-refractivity contribution in [3.05, 3.63) is 29.8 Å². The lowest BCUT2D eigenvalue weighted by Gasteiger charge is -2.33. The van der Waals surface area contributed by atoms with Gasteiger partial charge in [-0.3, -0.25) is 9.59 Å². The zero-order valence-electron chi connectivity index (χ0n) is 15.1. The van der Waals surface area contributed by atoms with Crippen molar-refractivity contribution in [1.29, 1.82) is 0 Å². The minimum Gasteiger partial charge on any atom is -0.497 e. The van der Waals surface area contributed by atoms with Crippen LogP contribution in [0.25, 0.3) is 0 Å². The molecule has 2 rings (SSSR count). The predicted molar refractivity (Wildman–Crippen MR) is 94.1 cm³/mol. The molecule has 1 aliphatic heterocycles. The lowest BCUT2D eigenvalue weighted by molar-refractivity contribution is -0.123. The molecule has 1 N–H and O–H groups in total. The molecular formula is C19H28N2O3. The Morgan fingerprint density at radius 1 is 1.25 bits per heavy atom. The van der Waals surface area contributed by atoms with Crippen LogP contribution in [-0.4, -0.2) is 43.0 Å². The molecule has 1 heterocycles. The van der Waals surface area contributed by atoms with Crippen LogP contribution in [0.2, 0.25) is 0 Å². The van der Waals surface area contributed by atoms with Crippen LogP contribution < -0.4 is 10.1 Å². The summed E-state index contributed by atoms with van der Waals surface area (Å²) in [6.45, 7) is 7.50. The number of ether oxygens (including phenoxy) is 1. The Morgan fingerprint density at radius 3 is 2.50 bits per heavy atom. The molecule has 1 aliphatic rings. The van der Waals surface area contributed by atoms with Gasteiger partial charge in [0.05, 0.1) is 7.11 Å². The number of hydrogen-bond donors (Lipinski definition) is 1. The number of nitrogens with zero attached hydrogens (tertiary/aromatic N) is 1. The topological polar surface area (TPSA) is 58.6 Å². The van der Waals surface area contributed by atoms with Crippen LogP contribution in [0, 0.1) is 5.41 Å². The molecular weight excluding hydrogens is 304 g/mol. The number of rotatable bonds is 4. The standard InChI is InChI=1S/C19H28N2O3/c1-19(2,3)13-17(22)20-15-8-10-21(11-9-15)18(23)14-6-5-7-16(12-14)24-4/h5-7,12,15H,8-11,13H2,1-4H3,(H,20,22). The van der Waals surface area contributed by atoms with Crippen LogP contribution in [0.5, 0.6) is 5.75 Å². The van der Waals surface area contributed by atoms with Gasteiger partial charge >= 0.3 is 0 Å². The third-order valence-corrected chi connectivity index (χ3v) is 4.15. The summed E-state index contributed by atoms with van der Waals surface area (Å²) in [5.41, 5.74) is 0.636. The molecule has 2 amide bonds. The molecule has 0 aromatic heterocycles. The summed E-state index contributed by atoms with van der Waals surface area (Å²) in [5, 5.41) is 3.10. The maximum absolute atomic E-state index is 12.6. The van der Waals surface area contributed by atoms with E-state index in [4.69, 9.17) is 4.74 Å². The Morgan fingerprint density at radius 2 is 1.92 bits per heavy atom. The fourth-order valence-corrected chi connectivity index (χ4v) is 2.93. The van der Waals surface area contributed by atoms with Crippen molar-refractivity contribution in [2.75, 3.05) is 20.2 Å². The van der Waals surface area contributed by atoms with Crippen LogP contribution in [0.4, 0.5) is 0 Å². The first kappa shape index (κ1) is 18.3. The fraction of sp³-hybridized carbons (Fsp3) is 0.579.